The van der Waals surface area contributed by atoms with Crippen LogP contribution in [-0.2, 0) is 4.79 Å². The van der Waals surface area contributed by atoms with Gasteiger partial charge in [-0.3, -0.25) is 9.78 Å². The van der Waals surface area contributed by atoms with E-state index in [9.17, 15) is 4.79 Å². The fourth-order valence-electron chi connectivity index (χ4n) is 0.678. The van der Waals surface area contributed by atoms with Crippen molar-refractivity contribution < 1.29 is 9.90 Å². The van der Waals surface area contributed by atoms with Gasteiger partial charge in [-0.25, -0.2) is 0 Å². The lowest BCUT2D eigenvalue weighted by atomic mass is 10.4. The van der Waals surface area contributed by atoms with E-state index in [1.807, 2.05) is 0 Å². The monoisotopic (exact) mass is 186 g/mol. The zero-order chi connectivity index (χ0) is 8.97. The maximum atomic E-state index is 10.2. The zero-order valence-corrected chi connectivity index (χ0v) is 6.88. The quantitative estimate of drug-likeness (QED) is 0.746. The Morgan fingerprint density at radius 3 is 3.08 bits per heavy atom. The number of carbonyl (C=O) groups is 1. The van der Waals surface area contributed by atoms with E-state index in [2.05, 4.69) is 10.3 Å². The highest BCUT2D eigenvalue weighted by Crippen LogP contribution is 2.18. The molecule has 0 aliphatic heterocycles. The van der Waals surface area contributed by atoms with Crippen molar-refractivity contribution >= 4 is 23.3 Å². The number of pyridine rings is 1. The molecule has 0 saturated carbocycles. The third kappa shape index (κ3) is 2.39. The second-order valence-corrected chi connectivity index (χ2v) is 2.51. The van der Waals surface area contributed by atoms with Crippen LogP contribution in [-0.4, -0.2) is 22.6 Å². The lowest BCUT2D eigenvalue weighted by Crippen LogP contribution is -2.12. The molecule has 1 aromatic rings. The minimum absolute atomic E-state index is 0.161. The Morgan fingerprint density at radius 1 is 1.75 bits per heavy atom. The number of aromatic nitrogens is 1. The molecule has 0 aromatic carbocycles. The zero-order valence-electron chi connectivity index (χ0n) is 6.12. The number of aliphatic carboxylic acids is 1. The number of carboxylic acids is 1. The van der Waals surface area contributed by atoms with Crippen molar-refractivity contribution in [2.45, 2.75) is 0 Å². The van der Waals surface area contributed by atoms with Gasteiger partial charge in [0.2, 0.25) is 0 Å². The number of carboxylic acid groups (broad SMARTS) is 1. The highest BCUT2D eigenvalue weighted by molar-refractivity contribution is 6.33. The Balaban J connectivity index is 2.63. The Morgan fingerprint density at radius 2 is 2.50 bits per heavy atom. The summed E-state index contributed by atoms with van der Waals surface area (Å²) in [5, 5.41) is 11.4. The average Bonchev–Trinajstić information content (AvgIpc) is 2.03. The molecule has 0 atom stereocenters. The fourth-order valence-corrected chi connectivity index (χ4v) is 0.850. The van der Waals surface area contributed by atoms with Crippen molar-refractivity contribution in [2.24, 2.45) is 0 Å². The Kier molecular flexibility index (Phi) is 2.88. The molecule has 64 valence electrons. The van der Waals surface area contributed by atoms with Gasteiger partial charge < -0.3 is 10.4 Å². The van der Waals surface area contributed by atoms with Crippen LogP contribution in [0.1, 0.15) is 0 Å². The third-order valence-corrected chi connectivity index (χ3v) is 1.53. The van der Waals surface area contributed by atoms with E-state index >= 15 is 0 Å². The van der Waals surface area contributed by atoms with E-state index in [1.165, 1.54) is 12.4 Å². The van der Waals surface area contributed by atoms with Crippen LogP contribution in [0.4, 0.5) is 5.69 Å². The standard InChI is InChI=1S/C7H7ClN2O2/c8-5-1-2-9-3-6(5)10-4-7(11)12/h1-3,10H,4H2,(H,11,12). The molecule has 0 unspecified atom stereocenters. The summed E-state index contributed by atoms with van der Waals surface area (Å²) in [6.45, 7) is -0.161. The van der Waals surface area contributed by atoms with Gasteiger partial charge in [-0.15, -0.1) is 0 Å². The Hall–Kier alpha value is -1.29. The molecule has 5 heteroatoms. The van der Waals surface area contributed by atoms with E-state index in [1.54, 1.807) is 6.07 Å². The summed E-state index contributed by atoms with van der Waals surface area (Å²) in [4.78, 5) is 13.9. The highest BCUT2D eigenvalue weighted by atomic mass is 35.5. The van der Waals surface area contributed by atoms with Crippen LogP contribution in [0.25, 0.3) is 0 Å². The summed E-state index contributed by atoms with van der Waals surface area (Å²) in [5.74, 6) is -0.935. The molecule has 0 aliphatic rings. The second-order valence-electron chi connectivity index (χ2n) is 2.10. The molecule has 1 aromatic heterocycles. The number of hydrogen-bond donors (Lipinski definition) is 2. The van der Waals surface area contributed by atoms with Crippen LogP contribution in [0.3, 0.4) is 0 Å². The number of halogens is 1. The molecule has 0 radical (unpaired) electrons. The first-order valence-electron chi connectivity index (χ1n) is 3.25. The van der Waals surface area contributed by atoms with Gasteiger partial charge in [-0.1, -0.05) is 11.6 Å². The molecular weight excluding hydrogens is 180 g/mol. The van der Waals surface area contributed by atoms with E-state index < -0.39 is 5.97 Å². The first-order valence-corrected chi connectivity index (χ1v) is 3.63. The topological polar surface area (TPSA) is 62.2 Å². The summed E-state index contributed by atoms with van der Waals surface area (Å²) in [7, 11) is 0. The summed E-state index contributed by atoms with van der Waals surface area (Å²) < 4.78 is 0. The number of anilines is 1. The second kappa shape index (κ2) is 3.92. The molecule has 12 heavy (non-hydrogen) atoms. The first-order chi connectivity index (χ1) is 5.70. The van der Waals surface area contributed by atoms with Crippen LogP contribution in [0.15, 0.2) is 18.5 Å². The van der Waals surface area contributed by atoms with Gasteiger partial charge >= 0.3 is 5.97 Å². The van der Waals surface area contributed by atoms with Crippen molar-refractivity contribution in [3.8, 4) is 0 Å². The molecular formula is C7H7ClN2O2. The Labute approximate surface area is 74.2 Å². The van der Waals surface area contributed by atoms with Crippen molar-refractivity contribution in [1.82, 2.24) is 4.98 Å². The summed E-state index contributed by atoms with van der Waals surface area (Å²) in [5.41, 5.74) is 0.529. The molecule has 0 saturated heterocycles. The largest absolute Gasteiger partial charge is 0.480 e. The molecule has 0 spiro atoms. The van der Waals surface area contributed by atoms with E-state index in [4.69, 9.17) is 16.7 Å². The summed E-state index contributed by atoms with van der Waals surface area (Å²) in [6, 6.07) is 1.59. The van der Waals surface area contributed by atoms with Gasteiger partial charge in [0.05, 0.1) is 16.9 Å². The molecule has 1 heterocycles. The number of rotatable bonds is 3. The molecule has 0 fully saturated rings. The smallest absolute Gasteiger partial charge is 0.322 e. The van der Waals surface area contributed by atoms with Gasteiger partial charge in [0, 0.05) is 6.20 Å². The molecule has 1 rings (SSSR count). The van der Waals surface area contributed by atoms with E-state index in [0.29, 0.717) is 10.7 Å². The predicted octanol–water partition coefficient (Wildman–Crippen LogP) is 1.23. The Bertz CT molecular complexity index is 290. The molecule has 0 bridgehead atoms. The maximum absolute atomic E-state index is 10.2. The predicted molar refractivity (Wildman–Crippen MR) is 45.4 cm³/mol. The van der Waals surface area contributed by atoms with Crippen molar-refractivity contribution in [3.05, 3.63) is 23.5 Å². The summed E-state index contributed by atoms with van der Waals surface area (Å²) in [6.07, 6.45) is 3.01. The lowest BCUT2D eigenvalue weighted by molar-refractivity contribution is -0.134. The third-order valence-electron chi connectivity index (χ3n) is 1.20. The number of hydrogen-bond acceptors (Lipinski definition) is 3. The van der Waals surface area contributed by atoms with E-state index in [-0.39, 0.29) is 6.54 Å². The van der Waals surface area contributed by atoms with Gasteiger partial charge in [-0.2, -0.15) is 0 Å². The lowest BCUT2D eigenvalue weighted by Gasteiger charge is -2.03. The molecule has 0 amide bonds. The van der Waals surface area contributed by atoms with Crippen LogP contribution < -0.4 is 5.32 Å². The van der Waals surface area contributed by atoms with Crippen LogP contribution in [0, 0.1) is 0 Å². The molecule has 2 N–H and O–H groups in total. The van der Waals surface area contributed by atoms with Crippen LogP contribution in [0.2, 0.25) is 5.02 Å². The average molecular weight is 187 g/mol. The van der Waals surface area contributed by atoms with Crippen LogP contribution in [0.5, 0.6) is 0 Å². The number of nitrogens with zero attached hydrogens (tertiary/aromatic N) is 1. The van der Waals surface area contributed by atoms with Crippen molar-refractivity contribution in [3.63, 3.8) is 0 Å². The first kappa shape index (κ1) is 8.80. The fraction of sp³-hybridized carbons (Fsp3) is 0.143. The molecule has 0 aliphatic carbocycles. The number of nitrogens with one attached hydrogen (secondary N) is 1. The summed E-state index contributed by atoms with van der Waals surface area (Å²) >= 11 is 5.71. The van der Waals surface area contributed by atoms with Crippen molar-refractivity contribution in [1.29, 1.82) is 0 Å². The SMILES string of the molecule is O=C(O)CNc1cnccc1Cl. The van der Waals surface area contributed by atoms with Crippen molar-refractivity contribution in [2.75, 3.05) is 11.9 Å². The van der Waals surface area contributed by atoms with Gasteiger partial charge in [-0.05, 0) is 6.07 Å². The maximum Gasteiger partial charge on any atom is 0.322 e. The minimum atomic E-state index is -0.935. The normalized spacial score (nSPS) is 9.42. The van der Waals surface area contributed by atoms with Gasteiger partial charge in [0.25, 0.3) is 0 Å². The molecule has 4 nitrogen and oxygen atoms in total. The van der Waals surface area contributed by atoms with Gasteiger partial charge in [0.15, 0.2) is 0 Å². The minimum Gasteiger partial charge on any atom is -0.480 e. The highest BCUT2D eigenvalue weighted by Gasteiger charge is 2.00. The van der Waals surface area contributed by atoms with Gasteiger partial charge in [0.1, 0.15) is 6.54 Å². The van der Waals surface area contributed by atoms with Crippen LogP contribution >= 0.6 is 11.6 Å². The van der Waals surface area contributed by atoms with E-state index in [0.717, 1.165) is 0 Å².